The third-order valence-electron chi connectivity index (χ3n) is 0. The van der Waals surface area contributed by atoms with E-state index in [4.69, 9.17) is 34.3 Å². The summed E-state index contributed by atoms with van der Waals surface area (Å²) in [6, 6.07) is 0. The van der Waals surface area contributed by atoms with Gasteiger partial charge in [-0.1, -0.05) is 0 Å². The number of rotatable bonds is 0. The molecule has 0 fully saturated rings. The van der Waals surface area contributed by atoms with Gasteiger partial charge in [-0.05, 0) is 0 Å². The van der Waals surface area contributed by atoms with E-state index in [1.165, 1.54) is 0 Å². The van der Waals surface area contributed by atoms with Crippen molar-refractivity contribution in [3.8, 4) is 0 Å². The Labute approximate surface area is 78.4 Å². The van der Waals surface area contributed by atoms with Crippen LogP contribution in [0.3, 0.4) is 0 Å². The Morgan fingerprint density at radius 3 is 0.917 bits per heavy atom. The van der Waals surface area contributed by atoms with Gasteiger partial charge in [0.15, 0.2) is 0 Å². The summed E-state index contributed by atoms with van der Waals surface area (Å²) in [6.45, 7) is 0. The number of halogens is 2. The van der Waals surface area contributed by atoms with Crippen molar-refractivity contribution in [2.24, 2.45) is 0 Å². The van der Waals surface area contributed by atoms with Gasteiger partial charge in [-0.2, -0.15) is 0 Å². The average Bonchev–Trinajstić information content (AvgIpc) is 1.19. The molecule has 0 aliphatic carbocycles. The Kier molecular flexibility index (Phi) is 34.4. The average molecular weight is 208 g/mol. The minimum atomic E-state index is -4.64. The first-order chi connectivity index (χ1) is 3.73. The predicted molar refractivity (Wildman–Crippen MR) is 38.8 cm³/mol. The van der Waals surface area contributed by atoms with Gasteiger partial charge in [0.25, 0.3) is 0 Å². The summed E-state index contributed by atoms with van der Waals surface area (Å²) < 4.78 is 8.88. The topological polar surface area (TPSA) is 138 Å². The molecule has 12 heavy (non-hydrogen) atoms. The summed E-state index contributed by atoms with van der Waals surface area (Å²) >= 11 is 0. The molecule has 0 aliphatic rings. The van der Waals surface area contributed by atoms with Gasteiger partial charge < -0.3 is 29.8 Å². The molecule has 0 heterocycles. The summed E-state index contributed by atoms with van der Waals surface area (Å²) in [6.07, 6.45) is 0. The number of hydrogen-bond acceptors (Lipinski definition) is 4. The molecule has 0 rings (SSSR count). The van der Waals surface area contributed by atoms with Gasteiger partial charge in [0, 0.05) is 0 Å². The summed E-state index contributed by atoms with van der Waals surface area (Å²) in [7, 11) is -6.81. The molecular weight excluding hydrogens is 199 g/mol. The van der Waals surface area contributed by atoms with Crippen molar-refractivity contribution in [3.63, 3.8) is 0 Å². The van der Waals surface area contributed by atoms with Crippen LogP contribution < -0.4 is 0 Å². The molecule has 0 radical (unpaired) electrons. The van der Waals surface area contributed by atoms with Crippen LogP contribution in [0.4, 0.5) is 9.41 Å². The van der Waals surface area contributed by atoms with Crippen molar-refractivity contribution in [2.45, 2.75) is 0 Å². The second kappa shape index (κ2) is 14.1. The molecule has 74 valence electrons. The fourth-order valence-corrected chi connectivity index (χ4v) is 0. The van der Waals surface area contributed by atoms with E-state index in [1.807, 2.05) is 0 Å². The molecule has 7 nitrogen and oxygen atoms in total. The van der Waals surface area contributed by atoms with Crippen LogP contribution in [-0.2, 0) is 4.57 Å². The van der Waals surface area contributed by atoms with Gasteiger partial charge in [-0.3, -0.25) is 9.41 Å². The van der Waals surface area contributed by atoms with Crippen LogP contribution in [0.25, 0.3) is 0 Å². The molecule has 0 amide bonds. The molecule has 0 aromatic carbocycles. The molecule has 0 saturated carbocycles. The van der Waals surface area contributed by atoms with Gasteiger partial charge in [0.2, 0.25) is 0 Å². The number of phosphoric acid groups is 1. The molecule has 0 aromatic heterocycles. The third-order valence-corrected chi connectivity index (χ3v) is 0. The zero-order valence-corrected chi connectivity index (χ0v) is 5.83. The van der Waals surface area contributed by atoms with Crippen molar-refractivity contribution in [2.75, 3.05) is 0 Å². The van der Waals surface area contributed by atoms with Crippen molar-refractivity contribution in [1.29, 1.82) is 0 Å². The Morgan fingerprint density at radius 2 is 0.917 bits per heavy atom. The van der Waals surface area contributed by atoms with Gasteiger partial charge in [-0.15, -0.1) is 0 Å². The molecule has 0 unspecified atom stereocenters. The zero-order valence-electron chi connectivity index (χ0n) is 4.93. The van der Waals surface area contributed by atoms with E-state index >= 15 is 0 Å². The summed E-state index contributed by atoms with van der Waals surface area (Å²) in [5.74, 6) is 0. The summed E-state index contributed by atoms with van der Waals surface area (Å²) in [5.41, 5.74) is 0. The van der Waals surface area contributed by atoms with E-state index in [0.29, 0.717) is 0 Å². The summed E-state index contributed by atoms with van der Waals surface area (Å²) in [5, 5.41) is 21.5. The molecule has 0 aromatic rings. The first-order valence-electron chi connectivity index (χ1n) is 1.56. The van der Waals surface area contributed by atoms with E-state index in [1.54, 1.807) is 0 Å². The molecule has 0 aliphatic heterocycles. The molecule has 0 bridgehead atoms. The molecule has 0 atom stereocenters. The fourth-order valence-electron chi connectivity index (χ4n) is 0. The standard InChI is InChI=1S/BH3O3.2FH.Li.H3O4P.H/c2-1(3)4;;;;1-5(2,3)4;/h2-4H;2*1H;;(H3,1,2,3,4);. The van der Waals surface area contributed by atoms with Crippen LogP contribution in [0, 0.1) is 0 Å². The van der Waals surface area contributed by atoms with E-state index in [9.17, 15) is 0 Å². The maximum absolute atomic E-state index is 8.88. The van der Waals surface area contributed by atoms with E-state index in [-0.39, 0.29) is 28.3 Å². The van der Waals surface area contributed by atoms with E-state index in [2.05, 4.69) is 0 Å². The van der Waals surface area contributed by atoms with Crippen LogP contribution >= 0.6 is 7.82 Å². The maximum atomic E-state index is 8.88. The Balaban J connectivity index is -0.0000000221. The minimum absolute atomic E-state index is 0. The van der Waals surface area contributed by atoms with Crippen LogP contribution in [-0.4, -0.2) is 55.9 Å². The number of hydrogen-bond donors (Lipinski definition) is 6. The van der Waals surface area contributed by atoms with Crippen LogP contribution in [0.1, 0.15) is 0 Å². The molecule has 0 saturated heterocycles. The van der Waals surface area contributed by atoms with Gasteiger partial charge in [0.1, 0.15) is 0 Å². The molecular formula is H9BF2LiO7P. The van der Waals surface area contributed by atoms with E-state index < -0.39 is 15.1 Å². The van der Waals surface area contributed by atoms with E-state index in [0.717, 1.165) is 0 Å². The van der Waals surface area contributed by atoms with Crippen LogP contribution in [0.2, 0.25) is 0 Å². The molecule has 6 N–H and O–H groups in total. The monoisotopic (exact) mass is 208 g/mol. The van der Waals surface area contributed by atoms with Gasteiger partial charge >= 0.3 is 34.0 Å². The van der Waals surface area contributed by atoms with Crippen molar-refractivity contribution < 1.29 is 43.7 Å². The normalized spacial score (nSPS) is 7.17. The molecule has 12 heteroatoms. The third kappa shape index (κ3) is 3620. The first kappa shape index (κ1) is 29.4. The van der Waals surface area contributed by atoms with Gasteiger partial charge in [-0.25, -0.2) is 4.57 Å². The first-order valence-corrected chi connectivity index (χ1v) is 3.12. The Bertz CT molecular complexity index is 92.6. The van der Waals surface area contributed by atoms with Crippen molar-refractivity contribution >= 4 is 34.0 Å². The Hall–Kier alpha value is 0.512. The zero-order chi connectivity index (χ0) is 8.08. The summed E-state index contributed by atoms with van der Waals surface area (Å²) in [4.78, 5) is 21.6. The van der Waals surface area contributed by atoms with Crippen LogP contribution in [0.5, 0.6) is 0 Å². The second-order valence-corrected chi connectivity index (χ2v) is 1.89. The van der Waals surface area contributed by atoms with Crippen molar-refractivity contribution in [3.05, 3.63) is 0 Å². The fraction of sp³-hybridized carbons (Fsp3) is 0. The van der Waals surface area contributed by atoms with Crippen LogP contribution in [0.15, 0.2) is 0 Å². The quantitative estimate of drug-likeness (QED) is 0.181. The second-order valence-electron chi connectivity index (χ2n) is 0.860. The van der Waals surface area contributed by atoms with Gasteiger partial charge in [0.05, 0.1) is 0 Å². The molecule has 0 spiro atoms. The predicted octanol–water partition coefficient (Wildman–Crippen LogP) is -3.32. The SMILES string of the molecule is F.F.O=P(O)(O)O.OB(O)O.[LiH]. The van der Waals surface area contributed by atoms with Crippen molar-refractivity contribution in [1.82, 2.24) is 0 Å². The Morgan fingerprint density at radius 1 is 0.917 bits per heavy atom.